The highest BCUT2D eigenvalue weighted by molar-refractivity contribution is 7.92. The second-order valence-corrected chi connectivity index (χ2v) is 6.58. The summed E-state index contributed by atoms with van der Waals surface area (Å²) in [5.74, 6) is -0.157. The Balaban J connectivity index is 2.32. The molecule has 1 aromatic carbocycles. The number of amides is 1. The molecule has 0 saturated carbocycles. The van der Waals surface area contributed by atoms with E-state index in [0.29, 0.717) is 10.8 Å². The van der Waals surface area contributed by atoms with Gasteiger partial charge in [-0.2, -0.15) is 5.10 Å². The summed E-state index contributed by atoms with van der Waals surface area (Å²) in [6.45, 7) is 0. The first-order valence-corrected chi connectivity index (χ1v) is 8.10. The lowest BCUT2D eigenvalue weighted by atomic mass is 10.1. The number of carbonyl (C=O) groups excluding carboxylic acids is 1. The van der Waals surface area contributed by atoms with E-state index < -0.39 is 15.9 Å². The maximum Gasteiger partial charge on any atom is 0.259 e. The summed E-state index contributed by atoms with van der Waals surface area (Å²) >= 11 is 5.86. The number of anilines is 2. The number of hydrogen-bond acceptors (Lipinski definition) is 4. The van der Waals surface area contributed by atoms with Crippen molar-refractivity contribution in [3.8, 4) is 0 Å². The first kappa shape index (κ1) is 15.3. The van der Waals surface area contributed by atoms with Crippen molar-refractivity contribution in [3.63, 3.8) is 0 Å². The zero-order chi connectivity index (χ0) is 15.6. The Morgan fingerprint density at radius 1 is 1.33 bits per heavy atom. The second kappa shape index (κ2) is 5.74. The number of halogens is 1. The molecule has 2 N–H and O–H groups in total. The lowest BCUT2D eigenvalue weighted by Crippen LogP contribution is -2.17. The predicted molar refractivity (Wildman–Crippen MR) is 81.1 cm³/mol. The molecule has 0 bridgehead atoms. The number of rotatable bonds is 4. The third kappa shape index (κ3) is 4.20. The van der Waals surface area contributed by atoms with Gasteiger partial charge in [0.2, 0.25) is 10.0 Å². The summed E-state index contributed by atoms with van der Waals surface area (Å²) in [5.41, 5.74) is 0.258. The SMILES string of the molecule is Cn1ccc(NC(=O)c2cc(Cl)ccc2NS(C)(=O)=O)n1. The van der Waals surface area contributed by atoms with E-state index in [-0.39, 0.29) is 11.3 Å². The molecule has 0 fully saturated rings. The van der Waals surface area contributed by atoms with Crippen LogP contribution < -0.4 is 10.0 Å². The number of nitrogens with one attached hydrogen (secondary N) is 2. The van der Waals surface area contributed by atoms with Gasteiger partial charge in [-0.1, -0.05) is 11.6 Å². The van der Waals surface area contributed by atoms with Crippen molar-refractivity contribution in [3.05, 3.63) is 41.0 Å². The van der Waals surface area contributed by atoms with Crippen LogP contribution in [0.3, 0.4) is 0 Å². The van der Waals surface area contributed by atoms with E-state index in [4.69, 9.17) is 11.6 Å². The molecule has 2 rings (SSSR count). The first-order chi connectivity index (χ1) is 9.74. The summed E-state index contributed by atoms with van der Waals surface area (Å²) in [5, 5.41) is 6.90. The monoisotopic (exact) mass is 328 g/mol. The molecule has 0 atom stereocenters. The Morgan fingerprint density at radius 2 is 2.05 bits per heavy atom. The van der Waals surface area contributed by atoms with Crippen LogP contribution in [0.5, 0.6) is 0 Å². The molecule has 0 aliphatic rings. The molecule has 2 aromatic rings. The van der Waals surface area contributed by atoms with Crippen LogP contribution in [0.15, 0.2) is 30.5 Å². The molecule has 0 saturated heterocycles. The average Bonchev–Trinajstić information content (AvgIpc) is 2.75. The number of carbonyl (C=O) groups is 1. The molecule has 9 heteroatoms. The Hall–Kier alpha value is -2.06. The van der Waals surface area contributed by atoms with Crippen molar-refractivity contribution >= 4 is 39.0 Å². The van der Waals surface area contributed by atoms with E-state index in [1.807, 2.05) is 0 Å². The van der Waals surface area contributed by atoms with Gasteiger partial charge < -0.3 is 5.32 Å². The molecule has 0 aliphatic carbocycles. The average molecular weight is 329 g/mol. The minimum atomic E-state index is -3.51. The molecule has 21 heavy (non-hydrogen) atoms. The Labute approximate surface area is 127 Å². The molecule has 0 unspecified atom stereocenters. The topological polar surface area (TPSA) is 93.1 Å². The maximum absolute atomic E-state index is 12.2. The number of aromatic nitrogens is 2. The summed E-state index contributed by atoms with van der Waals surface area (Å²) in [7, 11) is -1.79. The largest absolute Gasteiger partial charge is 0.305 e. The number of benzene rings is 1. The smallest absolute Gasteiger partial charge is 0.259 e. The quantitative estimate of drug-likeness (QED) is 0.893. The van der Waals surface area contributed by atoms with Gasteiger partial charge in [0.1, 0.15) is 0 Å². The number of hydrogen-bond donors (Lipinski definition) is 2. The molecule has 1 heterocycles. The van der Waals surface area contributed by atoms with Gasteiger partial charge >= 0.3 is 0 Å². The molecule has 1 amide bonds. The maximum atomic E-state index is 12.2. The van der Waals surface area contributed by atoms with Crippen LogP contribution in [0.1, 0.15) is 10.4 Å². The van der Waals surface area contributed by atoms with E-state index in [0.717, 1.165) is 6.26 Å². The van der Waals surface area contributed by atoms with E-state index in [2.05, 4.69) is 15.1 Å². The molecule has 0 spiro atoms. The summed E-state index contributed by atoms with van der Waals surface area (Å²) in [6, 6.07) is 5.92. The molecule has 0 aliphatic heterocycles. The van der Waals surface area contributed by atoms with Crippen molar-refractivity contribution in [2.75, 3.05) is 16.3 Å². The normalized spacial score (nSPS) is 11.2. The van der Waals surface area contributed by atoms with E-state index >= 15 is 0 Å². The number of aryl methyl sites for hydroxylation is 1. The molecule has 7 nitrogen and oxygen atoms in total. The summed E-state index contributed by atoms with van der Waals surface area (Å²) < 4.78 is 26.5. The van der Waals surface area contributed by atoms with E-state index in [9.17, 15) is 13.2 Å². The van der Waals surface area contributed by atoms with Crippen molar-refractivity contribution in [2.24, 2.45) is 7.05 Å². The standard InChI is InChI=1S/C12H13ClN4O3S/c1-17-6-5-11(15-17)14-12(18)9-7-8(13)3-4-10(9)16-21(2,19)20/h3-7,16H,1-2H3,(H,14,15,18). The fourth-order valence-corrected chi connectivity index (χ4v) is 2.41. The van der Waals surface area contributed by atoms with Gasteiger partial charge in [-0.3, -0.25) is 14.2 Å². The van der Waals surface area contributed by atoms with Gasteiger partial charge in [0.25, 0.3) is 5.91 Å². The Bertz CT molecular complexity index is 786. The van der Waals surface area contributed by atoms with Gasteiger partial charge in [-0.05, 0) is 18.2 Å². The molecule has 112 valence electrons. The molecule has 0 radical (unpaired) electrons. The molecular formula is C12H13ClN4O3S. The van der Waals surface area contributed by atoms with Crippen LogP contribution >= 0.6 is 11.6 Å². The van der Waals surface area contributed by atoms with Gasteiger partial charge in [-0.25, -0.2) is 8.42 Å². The summed E-state index contributed by atoms with van der Waals surface area (Å²) in [6.07, 6.45) is 2.67. The van der Waals surface area contributed by atoms with Crippen LogP contribution in [-0.2, 0) is 17.1 Å². The third-order valence-corrected chi connectivity index (χ3v) is 3.30. The fourth-order valence-electron chi connectivity index (χ4n) is 1.66. The van der Waals surface area contributed by atoms with Crippen molar-refractivity contribution in [1.29, 1.82) is 0 Å². The molecular weight excluding hydrogens is 316 g/mol. The zero-order valence-electron chi connectivity index (χ0n) is 11.3. The van der Waals surface area contributed by atoms with Crippen LogP contribution in [0.4, 0.5) is 11.5 Å². The second-order valence-electron chi connectivity index (χ2n) is 4.39. The van der Waals surface area contributed by atoms with Crippen LogP contribution in [-0.4, -0.2) is 30.4 Å². The van der Waals surface area contributed by atoms with Gasteiger partial charge in [-0.15, -0.1) is 0 Å². The van der Waals surface area contributed by atoms with Crippen LogP contribution in [0, 0.1) is 0 Å². The van der Waals surface area contributed by atoms with Gasteiger partial charge in [0, 0.05) is 24.3 Å². The van der Waals surface area contributed by atoms with Crippen molar-refractivity contribution in [1.82, 2.24) is 9.78 Å². The number of nitrogens with zero attached hydrogens (tertiary/aromatic N) is 2. The van der Waals surface area contributed by atoms with Crippen molar-refractivity contribution < 1.29 is 13.2 Å². The van der Waals surface area contributed by atoms with E-state index in [1.54, 1.807) is 19.3 Å². The van der Waals surface area contributed by atoms with Crippen LogP contribution in [0.25, 0.3) is 0 Å². The molecule has 1 aromatic heterocycles. The van der Waals surface area contributed by atoms with Crippen LogP contribution in [0.2, 0.25) is 5.02 Å². The Kier molecular flexibility index (Phi) is 4.19. The minimum absolute atomic E-state index is 0.110. The summed E-state index contributed by atoms with van der Waals surface area (Å²) in [4.78, 5) is 12.2. The predicted octanol–water partition coefficient (Wildman–Crippen LogP) is 1.70. The first-order valence-electron chi connectivity index (χ1n) is 5.83. The van der Waals surface area contributed by atoms with Gasteiger partial charge in [0.05, 0.1) is 17.5 Å². The minimum Gasteiger partial charge on any atom is -0.305 e. The highest BCUT2D eigenvalue weighted by Crippen LogP contribution is 2.22. The van der Waals surface area contributed by atoms with Gasteiger partial charge in [0.15, 0.2) is 5.82 Å². The van der Waals surface area contributed by atoms with Crippen molar-refractivity contribution in [2.45, 2.75) is 0 Å². The highest BCUT2D eigenvalue weighted by Gasteiger charge is 2.15. The third-order valence-electron chi connectivity index (χ3n) is 2.48. The fraction of sp³-hybridized carbons (Fsp3) is 0.167. The van der Waals surface area contributed by atoms with E-state index in [1.165, 1.54) is 22.9 Å². The number of sulfonamides is 1. The zero-order valence-corrected chi connectivity index (χ0v) is 12.9. The lowest BCUT2D eigenvalue weighted by Gasteiger charge is -2.10. The lowest BCUT2D eigenvalue weighted by molar-refractivity contribution is 0.102. The Morgan fingerprint density at radius 3 is 2.62 bits per heavy atom. The highest BCUT2D eigenvalue weighted by atomic mass is 35.5.